The summed E-state index contributed by atoms with van der Waals surface area (Å²) in [4.78, 5) is 32.3. The Hall–Kier alpha value is -2.64. The summed E-state index contributed by atoms with van der Waals surface area (Å²) in [6.07, 6.45) is 0. The van der Waals surface area contributed by atoms with E-state index in [2.05, 4.69) is 10.6 Å². The number of hydrogen-bond donors (Lipinski definition) is 3. The number of rotatable bonds is 5. The number of carbonyl (C=O) groups is 2. The van der Waals surface area contributed by atoms with E-state index in [1.165, 1.54) is 19.1 Å². The van der Waals surface area contributed by atoms with Gasteiger partial charge in [0.05, 0.1) is 4.92 Å². The number of amides is 2. The second kappa shape index (κ2) is 6.50. The number of nitro benzene ring substituents is 1. The molecule has 0 heterocycles. The molecule has 0 fully saturated rings. The number of nitrogens with zero attached hydrogens (tertiary/aromatic N) is 1. The van der Waals surface area contributed by atoms with Crippen molar-refractivity contribution in [3.05, 3.63) is 39.4 Å². The molecule has 0 unspecified atom stereocenters. The van der Waals surface area contributed by atoms with Crippen molar-refractivity contribution < 1.29 is 19.6 Å². The van der Waals surface area contributed by atoms with Gasteiger partial charge in [-0.15, -0.1) is 0 Å². The van der Waals surface area contributed by atoms with Gasteiger partial charge in [-0.25, -0.2) is 4.79 Å². The average molecular weight is 281 g/mol. The smallest absolute Gasteiger partial charge is 0.325 e. The van der Waals surface area contributed by atoms with E-state index in [-0.39, 0.29) is 12.2 Å². The zero-order valence-corrected chi connectivity index (χ0v) is 11.0. The van der Waals surface area contributed by atoms with Gasteiger partial charge in [0, 0.05) is 18.2 Å². The highest BCUT2D eigenvalue weighted by Crippen LogP contribution is 2.20. The Kier molecular flexibility index (Phi) is 5.01. The molecule has 1 aromatic carbocycles. The van der Waals surface area contributed by atoms with E-state index in [0.29, 0.717) is 11.1 Å². The largest absolute Gasteiger partial charge is 0.480 e. The molecular weight excluding hydrogens is 266 g/mol. The highest BCUT2D eigenvalue weighted by molar-refractivity contribution is 5.82. The minimum atomic E-state index is -1.15. The summed E-state index contributed by atoms with van der Waals surface area (Å²) in [5, 5.41) is 24.1. The molecule has 0 saturated heterocycles. The molecule has 0 aliphatic heterocycles. The summed E-state index contributed by atoms with van der Waals surface area (Å²) >= 11 is 0. The van der Waals surface area contributed by atoms with Crippen LogP contribution in [0, 0.1) is 17.0 Å². The number of carboxylic acids is 1. The molecular formula is C12H15N3O5. The molecule has 0 aromatic heterocycles. The van der Waals surface area contributed by atoms with Crippen molar-refractivity contribution in [1.29, 1.82) is 0 Å². The number of nitro groups is 1. The molecule has 0 spiro atoms. The zero-order chi connectivity index (χ0) is 15.3. The third-order valence-electron chi connectivity index (χ3n) is 2.77. The Morgan fingerprint density at radius 3 is 2.65 bits per heavy atom. The summed E-state index contributed by atoms with van der Waals surface area (Å²) in [7, 11) is 0. The standard InChI is InChI=1S/C12H15N3O5/c1-7-9(4-3-5-10(7)15(19)20)6-13-12(18)14-8(2)11(16)17/h3-5,8H,6H2,1-2H3,(H,16,17)(H2,13,14,18)/t8-/m0/s1. The third kappa shape index (κ3) is 3.94. The van der Waals surface area contributed by atoms with E-state index in [1.54, 1.807) is 13.0 Å². The van der Waals surface area contributed by atoms with Crippen LogP contribution in [0.5, 0.6) is 0 Å². The number of benzene rings is 1. The second-order valence-electron chi connectivity index (χ2n) is 4.21. The van der Waals surface area contributed by atoms with E-state index < -0.39 is 23.0 Å². The molecule has 1 atom stereocenters. The van der Waals surface area contributed by atoms with Crippen LogP contribution in [0.4, 0.5) is 10.5 Å². The van der Waals surface area contributed by atoms with Crippen molar-refractivity contribution in [2.75, 3.05) is 0 Å². The molecule has 108 valence electrons. The third-order valence-corrected chi connectivity index (χ3v) is 2.77. The SMILES string of the molecule is Cc1c(CNC(=O)N[C@@H](C)C(=O)O)cccc1[N+](=O)[O-]. The molecule has 0 bridgehead atoms. The maximum absolute atomic E-state index is 11.4. The fourth-order valence-corrected chi connectivity index (χ4v) is 1.54. The van der Waals surface area contributed by atoms with E-state index in [0.717, 1.165) is 0 Å². The molecule has 0 aliphatic carbocycles. The Balaban J connectivity index is 2.67. The first-order valence-electron chi connectivity index (χ1n) is 5.83. The van der Waals surface area contributed by atoms with Gasteiger partial charge in [0.25, 0.3) is 5.69 Å². The van der Waals surface area contributed by atoms with Crippen molar-refractivity contribution in [2.24, 2.45) is 0 Å². The summed E-state index contributed by atoms with van der Waals surface area (Å²) in [5.74, 6) is -1.15. The Labute approximate surface area is 114 Å². The fourth-order valence-electron chi connectivity index (χ4n) is 1.54. The minimum Gasteiger partial charge on any atom is -0.480 e. The second-order valence-corrected chi connectivity index (χ2v) is 4.21. The number of hydrogen-bond acceptors (Lipinski definition) is 4. The summed E-state index contributed by atoms with van der Waals surface area (Å²) < 4.78 is 0. The van der Waals surface area contributed by atoms with Crippen molar-refractivity contribution in [3.8, 4) is 0 Å². The van der Waals surface area contributed by atoms with Crippen molar-refractivity contribution in [1.82, 2.24) is 10.6 Å². The zero-order valence-electron chi connectivity index (χ0n) is 11.0. The first-order valence-corrected chi connectivity index (χ1v) is 5.83. The number of carboxylic acid groups (broad SMARTS) is 1. The van der Waals surface area contributed by atoms with Gasteiger partial charge in [0.2, 0.25) is 0 Å². The molecule has 0 aliphatic rings. The monoisotopic (exact) mass is 281 g/mol. The van der Waals surface area contributed by atoms with Crippen LogP contribution in [-0.2, 0) is 11.3 Å². The van der Waals surface area contributed by atoms with Gasteiger partial charge in [-0.2, -0.15) is 0 Å². The molecule has 1 rings (SSSR count). The van der Waals surface area contributed by atoms with Crippen molar-refractivity contribution in [2.45, 2.75) is 26.4 Å². The number of aliphatic carboxylic acids is 1. The molecule has 2 amide bonds. The number of nitrogens with one attached hydrogen (secondary N) is 2. The molecule has 0 saturated carbocycles. The van der Waals surface area contributed by atoms with Crippen molar-refractivity contribution >= 4 is 17.7 Å². The Morgan fingerprint density at radius 1 is 1.45 bits per heavy atom. The molecule has 3 N–H and O–H groups in total. The lowest BCUT2D eigenvalue weighted by atomic mass is 10.1. The highest BCUT2D eigenvalue weighted by Gasteiger charge is 2.15. The molecule has 0 radical (unpaired) electrons. The maximum Gasteiger partial charge on any atom is 0.325 e. The van der Waals surface area contributed by atoms with Gasteiger partial charge < -0.3 is 15.7 Å². The van der Waals surface area contributed by atoms with Crippen LogP contribution < -0.4 is 10.6 Å². The first-order chi connectivity index (χ1) is 9.32. The van der Waals surface area contributed by atoms with Crippen LogP contribution >= 0.6 is 0 Å². The number of urea groups is 1. The molecule has 8 heteroatoms. The van der Waals surface area contributed by atoms with E-state index in [9.17, 15) is 19.7 Å². The molecule has 1 aromatic rings. The van der Waals surface area contributed by atoms with Gasteiger partial charge in [0.1, 0.15) is 6.04 Å². The minimum absolute atomic E-state index is 0.0244. The van der Waals surface area contributed by atoms with Crippen LogP contribution in [0.2, 0.25) is 0 Å². The van der Waals surface area contributed by atoms with Crippen molar-refractivity contribution in [3.63, 3.8) is 0 Å². The predicted molar refractivity (Wildman–Crippen MR) is 70.3 cm³/mol. The van der Waals surface area contributed by atoms with E-state index >= 15 is 0 Å². The summed E-state index contributed by atoms with van der Waals surface area (Å²) in [6, 6.07) is 2.90. The highest BCUT2D eigenvalue weighted by atomic mass is 16.6. The number of carbonyl (C=O) groups excluding carboxylic acids is 1. The topological polar surface area (TPSA) is 122 Å². The van der Waals surface area contributed by atoms with Crippen LogP contribution in [-0.4, -0.2) is 28.1 Å². The fraction of sp³-hybridized carbons (Fsp3) is 0.333. The first kappa shape index (κ1) is 15.4. The quantitative estimate of drug-likeness (QED) is 0.552. The van der Waals surface area contributed by atoms with Crippen LogP contribution in [0.25, 0.3) is 0 Å². The Bertz CT molecular complexity index is 544. The lowest BCUT2D eigenvalue weighted by Crippen LogP contribution is -2.44. The average Bonchev–Trinajstić information content (AvgIpc) is 2.36. The summed E-state index contributed by atoms with van der Waals surface area (Å²) in [6.45, 7) is 3.00. The lowest BCUT2D eigenvalue weighted by molar-refractivity contribution is -0.385. The van der Waals surface area contributed by atoms with Gasteiger partial charge in [-0.3, -0.25) is 14.9 Å². The predicted octanol–water partition coefficient (Wildman–Crippen LogP) is 1.18. The summed E-state index contributed by atoms with van der Waals surface area (Å²) in [5.41, 5.74) is 1.03. The van der Waals surface area contributed by atoms with Gasteiger partial charge in [-0.1, -0.05) is 12.1 Å². The van der Waals surface area contributed by atoms with Crippen LogP contribution in [0.3, 0.4) is 0 Å². The van der Waals surface area contributed by atoms with E-state index in [4.69, 9.17) is 5.11 Å². The van der Waals surface area contributed by atoms with E-state index in [1.807, 2.05) is 0 Å². The molecule has 8 nitrogen and oxygen atoms in total. The molecule has 20 heavy (non-hydrogen) atoms. The normalized spacial score (nSPS) is 11.5. The lowest BCUT2D eigenvalue weighted by Gasteiger charge is -2.11. The van der Waals surface area contributed by atoms with Gasteiger partial charge >= 0.3 is 12.0 Å². The Morgan fingerprint density at radius 2 is 2.10 bits per heavy atom. The van der Waals surface area contributed by atoms with Crippen LogP contribution in [0.15, 0.2) is 18.2 Å². The maximum atomic E-state index is 11.4. The van der Waals surface area contributed by atoms with Crippen LogP contribution in [0.1, 0.15) is 18.1 Å². The van der Waals surface area contributed by atoms with Gasteiger partial charge in [0.15, 0.2) is 0 Å². The van der Waals surface area contributed by atoms with Gasteiger partial charge in [-0.05, 0) is 19.4 Å².